The van der Waals surface area contributed by atoms with Crippen LogP contribution in [0.4, 0.5) is 0 Å². The molecule has 1 saturated carbocycles. The molecule has 1 aromatic carbocycles. The number of hydrogen-bond acceptors (Lipinski definition) is 2. The van der Waals surface area contributed by atoms with Gasteiger partial charge in [0.1, 0.15) is 5.75 Å². The van der Waals surface area contributed by atoms with E-state index in [9.17, 15) is 0 Å². The molecule has 0 spiro atoms. The molecule has 0 aromatic heterocycles. The first-order valence-corrected chi connectivity index (χ1v) is 7.71. The van der Waals surface area contributed by atoms with Crippen LogP contribution in [0.15, 0.2) is 24.3 Å². The van der Waals surface area contributed by atoms with E-state index in [1.54, 1.807) is 0 Å². The molecule has 1 aliphatic rings. The van der Waals surface area contributed by atoms with Crippen LogP contribution < -0.4 is 10.1 Å². The fraction of sp³-hybridized carbons (Fsp3) is 0.647. The van der Waals surface area contributed by atoms with Gasteiger partial charge in [-0.15, -0.1) is 0 Å². The molecule has 0 unspecified atom stereocenters. The maximum Gasteiger partial charge on any atom is 0.120 e. The SMILES string of the molecule is CC[C@H](C)N[C@@H](C)c1cccc(OC2CCCC2)c1. The van der Waals surface area contributed by atoms with Gasteiger partial charge in [-0.25, -0.2) is 0 Å². The van der Waals surface area contributed by atoms with Crippen molar-refractivity contribution in [3.8, 4) is 5.75 Å². The zero-order valence-electron chi connectivity index (χ0n) is 12.5. The summed E-state index contributed by atoms with van der Waals surface area (Å²) in [5.74, 6) is 1.03. The molecule has 0 saturated heterocycles. The predicted octanol–water partition coefficient (Wildman–Crippen LogP) is 4.46. The number of rotatable bonds is 6. The van der Waals surface area contributed by atoms with Crippen molar-refractivity contribution in [2.75, 3.05) is 0 Å². The topological polar surface area (TPSA) is 21.3 Å². The van der Waals surface area contributed by atoms with Gasteiger partial charge in [0, 0.05) is 12.1 Å². The lowest BCUT2D eigenvalue weighted by Gasteiger charge is -2.20. The fourth-order valence-corrected chi connectivity index (χ4v) is 2.70. The van der Waals surface area contributed by atoms with Gasteiger partial charge in [0.2, 0.25) is 0 Å². The van der Waals surface area contributed by atoms with Gasteiger partial charge < -0.3 is 10.1 Å². The average molecular weight is 261 g/mol. The van der Waals surface area contributed by atoms with Crippen LogP contribution in [-0.2, 0) is 0 Å². The highest BCUT2D eigenvalue weighted by atomic mass is 16.5. The van der Waals surface area contributed by atoms with Crippen molar-refractivity contribution in [2.24, 2.45) is 0 Å². The quantitative estimate of drug-likeness (QED) is 0.816. The maximum absolute atomic E-state index is 6.07. The average Bonchev–Trinajstić information content (AvgIpc) is 2.91. The van der Waals surface area contributed by atoms with Crippen molar-refractivity contribution in [3.63, 3.8) is 0 Å². The number of benzene rings is 1. The zero-order valence-corrected chi connectivity index (χ0v) is 12.5. The van der Waals surface area contributed by atoms with Crippen LogP contribution in [0, 0.1) is 0 Å². The molecule has 106 valence electrons. The van der Waals surface area contributed by atoms with Crippen molar-refractivity contribution < 1.29 is 4.74 Å². The minimum atomic E-state index is 0.377. The molecule has 0 bridgehead atoms. The first kappa shape index (κ1) is 14.4. The summed E-state index contributed by atoms with van der Waals surface area (Å²) in [4.78, 5) is 0. The van der Waals surface area contributed by atoms with E-state index in [1.165, 1.54) is 31.2 Å². The molecule has 2 heteroatoms. The molecular formula is C17H27NO. The number of nitrogens with one attached hydrogen (secondary N) is 1. The van der Waals surface area contributed by atoms with Gasteiger partial charge in [0.25, 0.3) is 0 Å². The minimum absolute atomic E-state index is 0.377. The van der Waals surface area contributed by atoms with Crippen LogP contribution in [-0.4, -0.2) is 12.1 Å². The summed E-state index contributed by atoms with van der Waals surface area (Å²) in [5, 5.41) is 3.61. The maximum atomic E-state index is 6.07. The second kappa shape index (κ2) is 6.95. The van der Waals surface area contributed by atoms with Crippen molar-refractivity contribution in [3.05, 3.63) is 29.8 Å². The van der Waals surface area contributed by atoms with Gasteiger partial charge in [-0.1, -0.05) is 19.1 Å². The molecular weight excluding hydrogens is 234 g/mol. The Hall–Kier alpha value is -1.02. The van der Waals surface area contributed by atoms with E-state index >= 15 is 0 Å². The first-order chi connectivity index (χ1) is 9.19. The van der Waals surface area contributed by atoms with Crippen LogP contribution in [0.1, 0.15) is 64.5 Å². The summed E-state index contributed by atoms with van der Waals surface area (Å²) in [6, 6.07) is 9.49. The van der Waals surface area contributed by atoms with Gasteiger partial charge >= 0.3 is 0 Å². The smallest absolute Gasteiger partial charge is 0.120 e. The Morgan fingerprint density at radius 1 is 1.26 bits per heavy atom. The predicted molar refractivity (Wildman–Crippen MR) is 80.6 cm³/mol. The fourth-order valence-electron chi connectivity index (χ4n) is 2.70. The molecule has 2 nitrogen and oxygen atoms in total. The van der Waals surface area contributed by atoms with E-state index in [-0.39, 0.29) is 0 Å². The summed E-state index contributed by atoms with van der Waals surface area (Å²) >= 11 is 0. The highest BCUT2D eigenvalue weighted by Gasteiger charge is 2.17. The van der Waals surface area contributed by atoms with Crippen LogP contribution in [0.25, 0.3) is 0 Å². The molecule has 1 aliphatic carbocycles. The Kier molecular flexibility index (Phi) is 5.26. The Morgan fingerprint density at radius 3 is 2.68 bits per heavy atom. The van der Waals surface area contributed by atoms with Crippen LogP contribution in [0.2, 0.25) is 0 Å². The zero-order chi connectivity index (χ0) is 13.7. The molecule has 0 amide bonds. The van der Waals surface area contributed by atoms with Crippen LogP contribution in [0.5, 0.6) is 5.75 Å². The third-order valence-electron chi connectivity index (χ3n) is 4.11. The van der Waals surface area contributed by atoms with Gasteiger partial charge in [-0.3, -0.25) is 0 Å². The van der Waals surface area contributed by atoms with Crippen molar-refractivity contribution >= 4 is 0 Å². The van der Waals surface area contributed by atoms with E-state index in [0.29, 0.717) is 18.2 Å². The summed E-state index contributed by atoms with van der Waals surface area (Å²) < 4.78 is 6.07. The summed E-state index contributed by atoms with van der Waals surface area (Å²) in [7, 11) is 0. The lowest BCUT2D eigenvalue weighted by atomic mass is 10.1. The van der Waals surface area contributed by atoms with Crippen molar-refractivity contribution in [1.82, 2.24) is 5.32 Å². The van der Waals surface area contributed by atoms with Crippen molar-refractivity contribution in [1.29, 1.82) is 0 Å². The number of ether oxygens (including phenoxy) is 1. The second-order valence-electron chi connectivity index (χ2n) is 5.79. The lowest BCUT2D eigenvalue weighted by Crippen LogP contribution is -2.28. The molecule has 19 heavy (non-hydrogen) atoms. The molecule has 2 rings (SSSR count). The standard InChI is InChI=1S/C17H27NO/c1-4-13(2)18-14(3)15-8-7-11-17(12-15)19-16-9-5-6-10-16/h7-8,11-14,16,18H,4-6,9-10H2,1-3H3/t13-,14-/m0/s1. The molecule has 1 N–H and O–H groups in total. The molecule has 0 radical (unpaired) electrons. The second-order valence-corrected chi connectivity index (χ2v) is 5.79. The first-order valence-electron chi connectivity index (χ1n) is 7.71. The third-order valence-corrected chi connectivity index (χ3v) is 4.11. The Bertz CT molecular complexity index is 385. The third kappa shape index (κ3) is 4.24. The lowest BCUT2D eigenvalue weighted by molar-refractivity contribution is 0.209. The normalized spacial score (nSPS) is 19.3. The van der Waals surface area contributed by atoms with E-state index in [2.05, 4.69) is 50.4 Å². The molecule has 1 aromatic rings. The summed E-state index contributed by atoms with van der Waals surface area (Å²) in [6.45, 7) is 6.67. The molecule has 1 fully saturated rings. The summed E-state index contributed by atoms with van der Waals surface area (Å²) in [5.41, 5.74) is 1.32. The highest BCUT2D eigenvalue weighted by Crippen LogP contribution is 2.26. The largest absolute Gasteiger partial charge is 0.490 e. The molecule has 0 heterocycles. The molecule has 2 atom stereocenters. The van der Waals surface area contributed by atoms with Crippen LogP contribution in [0.3, 0.4) is 0 Å². The summed E-state index contributed by atoms with van der Waals surface area (Å²) in [6.07, 6.45) is 6.65. The Balaban J connectivity index is 1.97. The Morgan fingerprint density at radius 2 is 2.00 bits per heavy atom. The highest BCUT2D eigenvalue weighted by molar-refractivity contribution is 5.30. The minimum Gasteiger partial charge on any atom is -0.490 e. The number of hydrogen-bond donors (Lipinski definition) is 1. The molecule has 0 aliphatic heterocycles. The van der Waals surface area contributed by atoms with E-state index in [0.717, 1.165) is 12.2 Å². The van der Waals surface area contributed by atoms with Crippen LogP contribution >= 0.6 is 0 Å². The van der Waals surface area contributed by atoms with Crippen molar-refractivity contribution in [2.45, 2.75) is 71.1 Å². The van der Waals surface area contributed by atoms with E-state index < -0.39 is 0 Å². The van der Waals surface area contributed by atoms with Gasteiger partial charge in [0.05, 0.1) is 6.10 Å². The van der Waals surface area contributed by atoms with E-state index in [1.807, 2.05) is 0 Å². The van der Waals surface area contributed by atoms with Gasteiger partial charge in [-0.2, -0.15) is 0 Å². The van der Waals surface area contributed by atoms with E-state index in [4.69, 9.17) is 4.74 Å². The monoisotopic (exact) mass is 261 g/mol. The van der Waals surface area contributed by atoms with Gasteiger partial charge in [0.15, 0.2) is 0 Å². The van der Waals surface area contributed by atoms with Gasteiger partial charge in [-0.05, 0) is 63.6 Å². The Labute approximate surface area is 117 Å².